The number of nitrogens with one attached hydrogen (secondary N) is 4. The van der Waals surface area contributed by atoms with Gasteiger partial charge < -0.3 is 21.3 Å². The zero-order valence-corrected chi connectivity index (χ0v) is 22.5. The standard InChI is InChI=1S/C27H34ClFN4O5/c1-27(2,3)33-26(38)23(35)20(13-17-10-11-30-24(17)36)32-25(37)21(12-15-4-5-15)31-22(34)9-7-16-6-8-18(28)14-19(16)29/h6-9,14-15,17,20-21H,4-5,10-13H2,1-3H3,(H,30,36)(H,31,34)(H,32,37)(H,33,38)/b9-7+. The lowest BCUT2D eigenvalue weighted by Crippen LogP contribution is -2.56. The van der Waals surface area contributed by atoms with Crippen molar-refractivity contribution in [1.29, 1.82) is 0 Å². The molecular weight excluding hydrogens is 515 g/mol. The van der Waals surface area contributed by atoms with Crippen LogP contribution < -0.4 is 21.3 Å². The largest absolute Gasteiger partial charge is 0.356 e. The van der Waals surface area contributed by atoms with Crippen LogP contribution >= 0.6 is 11.6 Å². The van der Waals surface area contributed by atoms with Crippen molar-refractivity contribution in [2.45, 2.75) is 70.5 Å². The molecular formula is C27H34ClFN4O5. The van der Waals surface area contributed by atoms with Crippen LogP contribution in [0.4, 0.5) is 4.39 Å². The summed E-state index contributed by atoms with van der Waals surface area (Å²) >= 11 is 5.75. The van der Waals surface area contributed by atoms with Crippen molar-refractivity contribution in [2.24, 2.45) is 11.8 Å². The molecule has 38 heavy (non-hydrogen) atoms. The van der Waals surface area contributed by atoms with E-state index in [0.717, 1.165) is 25.0 Å². The van der Waals surface area contributed by atoms with E-state index in [9.17, 15) is 28.4 Å². The van der Waals surface area contributed by atoms with Crippen molar-refractivity contribution in [3.8, 4) is 0 Å². The molecule has 3 rings (SSSR count). The Morgan fingerprint density at radius 3 is 2.39 bits per heavy atom. The first-order valence-electron chi connectivity index (χ1n) is 12.7. The van der Waals surface area contributed by atoms with Gasteiger partial charge in [-0.2, -0.15) is 0 Å². The Labute approximate surface area is 226 Å². The number of ketones is 1. The normalized spacial score (nSPS) is 19.0. The molecule has 1 aliphatic heterocycles. The number of halogens is 2. The highest BCUT2D eigenvalue weighted by Gasteiger charge is 2.37. The first kappa shape index (κ1) is 29.3. The van der Waals surface area contributed by atoms with E-state index >= 15 is 0 Å². The van der Waals surface area contributed by atoms with Crippen LogP contribution in [0.1, 0.15) is 58.4 Å². The van der Waals surface area contributed by atoms with Gasteiger partial charge in [0.1, 0.15) is 11.9 Å². The first-order chi connectivity index (χ1) is 17.8. The van der Waals surface area contributed by atoms with Gasteiger partial charge in [-0.3, -0.25) is 24.0 Å². The lowest BCUT2D eigenvalue weighted by molar-refractivity contribution is -0.141. The Kier molecular flexibility index (Phi) is 9.65. The second-order valence-corrected chi connectivity index (χ2v) is 11.3. The topological polar surface area (TPSA) is 133 Å². The van der Waals surface area contributed by atoms with Crippen LogP contribution in [-0.4, -0.2) is 53.6 Å². The quantitative estimate of drug-likeness (QED) is 0.249. The molecule has 4 amide bonds. The third-order valence-corrected chi connectivity index (χ3v) is 6.54. The van der Waals surface area contributed by atoms with Crippen LogP contribution in [0.25, 0.3) is 6.08 Å². The summed E-state index contributed by atoms with van der Waals surface area (Å²) in [4.78, 5) is 63.7. The summed E-state index contributed by atoms with van der Waals surface area (Å²) in [6, 6.07) is 1.82. The molecule has 0 radical (unpaired) electrons. The summed E-state index contributed by atoms with van der Waals surface area (Å²) in [7, 11) is 0. The second-order valence-electron chi connectivity index (χ2n) is 10.9. The highest BCUT2D eigenvalue weighted by atomic mass is 35.5. The molecule has 206 valence electrons. The molecule has 2 fully saturated rings. The summed E-state index contributed by atoms with van der Waals surface area (Å²) in [6.45, 7) is 5.62. The lowest BCUT2D eigenvalue weighted by atomic mass is 9.94. The smallest absolute Gasteiger partial charge is 0.290 e. The van der Waals surface area contributed by atoms with Crippen molar-refractivity contribution >= 4 is 47.1 Å². The van der Waals surface area contributed by atoms with Gasteiger partial charge in [-0.05, 0) is 64.2 Å². The van der Waals surface area contributed by atoms with Gasteiger partial charge in [0.05, 0.1) is 6.04 Å². The summed E-state index contributed by atoms with van der Waals surface area (Å²) in [5.41, 5.74) is -0.525. The van der Waals surface area contributed by atoms with Crippen molar-refractivity contribution in [3.05, 3.63) is 40.7 Å². The maximum absolute atomic E-state index is 14.0. The number of hydrogen-bond acceptors (Lipinski definition) is 5. The van der Waals surface area contributed by atoms with Crippen LogP contribution in [0.15, 0.2) is 24.3 Å². The van der Waals surface area contributed by atoms with Crippen molar-refractivity contribution in [3.63, 3.8) is 0 Å². The van der Waals surface area contributed by atoms with Gasteiger partial charge in [0.25, 0.3) is 5.91 Å². The molecule has 1 heterocycles. The van der Waals surface area contributed by atoms with E-state index in [1.165, 1.54) is 18.2 Å². The zero-order valence-electron chi connectivity index (χ0n) is 21.7. The van der Waals surface area contributed by atoms with Crippen LogP contribution in [0.5, 0.6) is 0 Å². The third kappa shape index (κ3) is 8.93. The van der Waals surface area contributed by atoms with Gasteiger partial charge in [0.15, 0.2) is 0 Å². The molecule has 1 aliphatic carbocycles. The minimum absolute atomic E-state index is 0.0339. The molecule has 3 unspecified atom stereocenters. The van der Waals surface area contributed by atoms with Crippen LogP contribution in [0, 0.1) is 17.7 Å². The van der Waals surface area contributed by atoms with E-state index < -0.39 is 52.9 Å². The predicted octanol–water partition coefficient (Wildman–Crippen LogP) is 2.27. The number of Topliss-reactive ketones (excluding diaryl/α,β-unsaturated/α-hetero) is 1. The van der Waals surface area contributed by atoms with E-state index in [1.807, 2.05) is 0 Å². The Bertz CT molecular complexity index is 1130. The Morgan fingerprint density at radius 1 is 1.11 bits per heavy atom. The summed E-state index contributed by atoms with van der Waals surface area (Å²) in [5, 5.41) is 10.7. The highest BCUT2D eigenvalue weighted by Crippen LogP contribution is 2.33. The van der Waals surface area contributed by atoms with E-state index in [4.69, 9.17) is 11.6 Å². The maximum atomic E-state index is 14.0. The fraction of sp³-hybridized carbons (Fsp3) is 0.519. The minimum Gasteiger partial charge on any atom is -0.356 e. The molecule has 1 aromatic rings. The molecule has 11 heteroatoms. The predicted molar refractivity (Wildman–Crippen MR) is 140 cm³/mol. The van der Waals surface area contributed by atoms with E-state index in [1.54, 1.807) is 20.8 Å². The fourth-order valence-electron chi connectivity index (χ4n) is 4.16. The minimum atomic E-state index is -1.24. The Morgan fingerprint density at radius 2 is 1.82 bits per heavy atom. The van der Waals surface area contributed by atoms with E-state index in [-0.39, 0.29) is 28.8 Å². The monoisotopic (exact) mass is 548 g/mol. The van der Waals surface area contributed by atoms with Gasteiger partial charge in [-0.15, -0.1) is 0 Å². The average molecular weight is 549 g/mol. The van der Waals surface area contributed by atoms with Crippen molar-refractivity contribution < 1.29 is 28.4 Å². The lowest BCUT2D eigenvalue weighted by Gasteiger charge is -2.25. The third-order valence-electron chi connectivity index (χ3n) is 6.30. The molecule has 3 atom stereocenters. The molecule has 0 spiro atoms. The molecule has 1 saturated heterocycles. The van der Waals surface area contributed by atoms with Gasteiger partial charge in [-0.1, -0.05) is 30.5 Å². The summed E-state index contributed by atoms with van der Waals surface area (Å²) in [5.74, 6) is -4.10. The number of rotatable bonds is 11. The SMILES string of the molecule is CC(C)(C)NC(=O)C(=O)C(CC1CCNC1=O)NC(=O)C(CC1CC1)NC(=O)/C=C/c1ccc(Cl)cc1F. The second kappa shape index (κ2) is 12.5. The molecule has 1 saturated carbocycles. The zero-order chi connectivity index (χ0) is 28.0. The Balaban J connectivity index is 1.72. The number of benzene rings is 1. The molecule has 0 bridgehead atoms. The number of hydrogen-bond donors (Lipinski definition) is 4. The van der Waals surface area contributed by atoms with E-state index in [0.29, 0.717) is 19.4 Å². The number of carbonyl (C=O) groups is 5. The number of amides is 4. The molecule has 2 aliphatic rings. The maximum Gasteiger partial charge on any atom is 0.290 e. The first-order valence-corrected chi connectivity index (χ1v) is 13.1. The highest BCUT2D eigenvalue weighted by molar-refractivity contribution is 6.38. The molecule has 9 nitrogen and oxygen atoms in total. The Hall–Kier alpha value is -3.27. The van der Waals surface area contributed by atoms with Crippen LogP contribution in [0.2, 0.25) is 5.02 Å². The fourth-order valence-corrected chi connectivity index (χ4v) is 4.32. The average Bonchev–Trinajstić information content (AvgIpc) is 3.55. The molecule has 4 N–H and O–H groups in total. The van der Waals surface area contributed by atoms with Crippen molar-refractivity contribution in [2.75, 3.05) is 6.54 Å². The number of carbonyl (C=O) groups excluding carboxylic acids is 5. The van der Waals surface area contributed by atoms with Crippen LogP contribution in [0.3, 0.4) is 0 Å². The van der Waals surface area contributed by atoms with E-state index in [2.05, 4.69) is 21.3 Å². The van der Waals surface area contributed by atoms with Crippen LogP contribution in [-0.2, 0) is 24.0 Å². The van der Waals surface area contributed by atoms with Gasteiger partial charge in [-0.25, -0.2) is 4.39 Å². The van der Waals surface area contributed by atoms with Gasteiger partial charge >= 0.3 is 0 Å². The van der Waals surface area contributed by atoms with Crippen molar-refractivity contribution in [1.82, 2.24) is 21.3 Å². The van der Waals surface area contributed by atoms with Gasteiger partial charge in [0.2, 0.25) is 23.5 Å². The molecule has 0 aromatic heterocycles. The summed E-state index contributed by atoms with van der Waals surface area (Å²) in [6.07, 6.45) is 4.99. The molecule has 1 aromatic carbocycles. The summed E-state index contributed by atoms with van der Waals surface area (Å²) < 4.78 is 14.0. The van der Waals surface area contributed by atoms with Gasteiger partial charge in [0, 0.05) is 34.7 Å².